The summed E-state index contributed by atoms with van der Waals surface area (Å²) in [5, 5.41) is 3.69. The Labute approximate surface area is 298 Å². The lowest BCUT2D eigenvalue weighted by molar-refractivity contribution is -0.140. The number of hydrogen-bond donors (Lipinski definition) is 1. The van der Waals surface area contributed by atoms with Crippen LogP contribution in [0.4, 0.5) is 5.69 Å². The molecule has 0 saturated heterocycles. The fourth-order valence-electron chi connectivity index (χ4n) is 6.03. The second-order valence-electron chi connectivity index (χ2n) is 12.0. The van der Waals surface area contributed by atoms with E-state index in [1.165, 1.54) is 16.7 Å². The Kier molecular flexibility index (Phi) is 12.7. The van der Waals surface area contributed by atoms with Crippen molar-refractivity contribution < 1.29 is 22.7 Å². The van der Waals surface area contributed by atoms with Gasteiger partial charge >= 0.3 is 0 Å². The van der Waals surface area contributed by atoms with Gasteiger partial charge in [-0.05, 0) is 97.8 Å². The highest BCUT2D eigenvalue weighted by molar-refractivity contribution is 7.98. The van der Waals surface area contributed by atoms with E-state index in [0.717, 1.165) is 46.0 Å². The molecule has 0 aromatic heterocycles. The standard InChI is InChI=1S/C38H42ClN3O5S2/c1-3-47-33-18-16-32(17-19-33)42(49(45,46)35-22-20-34(48-2)21-23-35)27-37(43)41(26-29-12-9-13-30(39)24-29)36(25-28-10-5-4-6-11-28)38(44)40-31-14-7-8-15-31/h4-6,9-13,16-24,31,36H,3,7-8,14-15,25-27H2,1-2H3,(H,40,44). The third kappa shape index (κ3) is 9.59. The molecule has 1 N–H and O–H groups in total. The average Bonchev–Trinajstić information content (AvgIpc) is 3.62. The highest BCUT2D eigenvalue weighted by Crippen LogP contribution is 2.29. The van der Waals surface area contributed by atoms with Crippen molar-refractivity contribution in [2.75, 3.05) is 23.7 Å². The third-order valence-electron chi connectivity index (χ3n) is 8.58. The number of nitrogens with zero attached hydrogens (tertiary/aromatic N) is 2. The maximum Gasteiger partial charge on any atom is 0.264 e. The number of nitrogens with one attached hydrogen (secondary N) is 1. The lowest BCUT2D eigenvalue weighted by Gasteiger charge is -2.34. The topological polar surface area (TPSA) is 96.0 Å². The van der Waals surface area contributed by atoms with Crippen molar-refractivity contribution in [3.8, 4) is 5.75 Å². The number of carbonyl (C=O) groups excluding carboxylic acids is 2. The fourth-order valence-corrected chi connectivity index (χ4v) is 8.07. The molecule has 49 heavy (non-hydrogen) atoms. The molecule has 0 heterocycles. The molecule has 1 aliphatic carbocycles. The number of carbonyl (C=O) groups is 2. The Hall–Kier alpha value is -3.99. The summed E-state index contributed by atoms with van der Waals surface area (Å²) in [6, 6.07) is 29.0. The van der Waals surface area contributed by atoms with Crippen LogP contribution in [0.1, 0.15) is 43.7 Å². The molecule has 258 valence electrons. The summed E-state index contributed by atoms with van der Waals surface area (Å²) in [6.07, 6.45) is 5.99. The quantitative estimate of drug-likeness (QED) is 0.129. The normalized spacial score (nSPS) is 13.9. The maximum atomic E-state index is 14.7. The zero-order valence-electron chi connectivity index (χ0n) is 27.8. The molecule has 1 atom stereocenters. The van der Waals surface area contributed by atoms with Crippen LogP contribution in [0.2, 0.25) is 5.02 Å². The lowest BCUT2D eigenvalue weighted by atomic mass is 10.0. The third-order valence-corrected chi connectivity index (χ3v) is 11.3. The van der Waals surface area contributed by atoms with Crippen LogP contribution in [0.5, 0.6) is 5.75 Å². The number of amides is 2. The van der Waals surface area contributed by atoms with Crippen molar-refractivity contribution in [1.82, 2.24) is 10.2 Å². The lowest BCUT2D eigenvalue weighted by Crippen LogP contribution is -2.54. The monoisotopic (exact) mass is 719 g/mol. The minimum Gasteiger partial charge on any atom is -0.494 e. The number of anilines is 1. The molecule has 1 fully saturated rings. The number of halogens is 1. The molecule has 4 aromatic carbocycles. The van der Waals surface area contributed by atoms with Gasteiger partial charge < -0.3 is 15.0 Å². The van der Waals surface area contributed by atoms with E-state index in [4.69, 9.17) is 16.3 Å². The van der Waals surface area contributed by atoms with Gasteiger partial charge in [-0.3, -0.25) is 13.9 Å². The van der Waals surface area contributed by atoms with Gasteiger partial charge in [-0.2, -0.15) is 0 Å². The summed E-state index contributed by atoms with van der Waals surface area (Å²) in [6.45, 7) is 1.83. The van der Waals surface area contributed by atoms with E-state index in [1.54, 1.807) is 66.7 Å². The molecule has 2 amide bonds. The van der Waals surface area contributed by atoms with E-state index in [1.807, 2.05) is 49.6 Å². The van der Waals surface area contributed by atoms with Crippen LogP contribution in [-0.2, 0) is 32.6 Å². The number of benzene rings is 4. The highest BCUT2D eigenvalue weighted by Gasteiger charge is 2.35. The molecule has 8 nitrogen and oxygen atoms in total. The average molecular weight is 720 g/mol. The van der Waals surface area contributed by atoms with Crippen molar-refractivity contribution >= 4 is 50.9 Å². The van der Waals surface area contributed by atoms with Crippen LogP contribution in [0, 0.1) is 0 Å². The minimum atomic E-state index is -4.22. The van der Waals surface area contributed by atoms with E-state index >= 15 is 0 Å². The van der Waals surface area contributed by atoms with Gasteiger partial charge in [-0.1, -0.05) is 66.9 Å². The number of ether oxygens (including phenoxy) is 1. The molecular weight excluding hydrogens is 678 g/mol. The van der Waals surface area contributed by atoms with Gasteiger partial charge in [0.1, 0.15) is 18.3 Å². The smallest absolute Gasteiger partial charge is 0.264 e. The SMILES string of the molecule is CCOc1ccc(N(CC(=O)N(Cc2cccc(Cl)c2)C(Cc2ccccc2)C(=O)NC2CCCC2)S(=O)(=O)c2ccc(SC)cc2)cc1. The van der Waals surface area contributed by atoms with E-state index in [0.29, 0.717) is 23.1 Å². The van der Waals surface area contributed by atoms with Crippen LogP contribution in [0.15, 0.2) is 113 Å². The number of sulfonamides is 1. The molecule has 0 spiro atoms. The number of rotatable bonds is 15. The van der Waals surface area contributed by atoms with Crippen molar-refractivity contribution in [3.63, 3.8) is 0 Å². The van der Waals surface area contributed by atoms with Gasteiger partial charge in [-0.15, -0.1) is 11.8 Å². The first kappa shape index (κ1) is 36.3. The van der Waals surface area contributed by atoms with Gasteiger partial charge in [0.05, 0.1) is 17.2 Å². The first-order chi connectivity index (χ1) is 23.7. The van der Waals surface area contributed by atoms with E-state index in [9.17, 15) is 18.0 Å². The van der Waals surface area contributed by atoms with Crippen molar-refractivity contribution in [2.24, 2.45) is 0 Å². The molecule has 5 rings (SSSR count). The first-order valence-electron chi connectivity index (χ1n) is 16.5. The van der Waals surface area contributed by atoms with Crippen LogP contribution < -0.4 is 14.4 Å². The van der Waals surface area contributed by atoms with Gasteiger partial charge in [-0.25, -0.2) is 8.42 Å². The van der Waals surface area contributed by atoms with Gasteiger partial charge in [0.15, 0.2) is 0 Å². The molecule has 0 radical (unpaired) electrons. The zero-order valence-corrected chi connectivity index (χ0v) is 30.1. The Morgan fingerprint density at radius 1 is 0.918 bits per heavy atom. The Bertz CT molecular complexity index is 1800. The van der Waals surface area contributed by atoms with Gasteiger partial charge in [0.2, 0.25) is 11.8 Å². The largest absolute Gasteiger partial charge is 0.494 e. The summed E-state index contributed by atoms with van der Waals surface area (Å²) in [4.78, 5) is 31.3. The van der Waals surface area contributed by atoms with Crippen molar-refractivity contribution in [2.45, 2.75) is 67.4 Å². The summed E-state index contributed by atoms with van der Waals surface area (Å²) < 4.78 is 35.4. The highest BCUT2D eigenvalue weighted by atomic mass is 35.5. The Morgan fingerprint density at radius 3 is 2.22 bits per heavy atom. The number of thioether (sulfide) groups is 1. The molecule has 0 bridgehead atoms. The van der Waals surface area contributed by atoms with Crippen LogP contribution >= 0.6 is 23.4 Å². The Balaban J connectivity index is 1.56. The molecular formula is C38H42ClN3O5S2. The second kappa shape index (κ2) is 17.1. The van der Waals surface area contributed by atoms with Gasteiger partial charge in [0, 0.05) is 28.9 Å². The zero-order chi connectivity index (χ0) is 34.8. The molecule has 1 aliphatic rings. The van der Waals surface area contributed by atoms with E-state index in [2.05, 4.69) is 5.32 Å². The Morgan fingerprint density at radius 2 is 1.59 bits per heavy atom. The van der Waals surface area contributed by atoms with Crippen molar-refractivity contribution in [1.29, 1.82) is 0 Å². The van der Waals surface area contributed by atoms with E-state index < -0.39 is 28.5 Å². The van der Waals surface area contributed by atoms with Crippen molar-refractivity contribution in [3.05, 3.63) is 119 Å². The predicted octanol–water partition coefficient (Wildman–Crippen LogP) is 7.35. The molecule has 0 aliphatic heterocycles. The summed E-state index contributed by atoms with van der Waals surface area (Å²) in [5.41, 5.74) is 1.89. The maximum absolute atomic E-state index is 14.7. The molecule has 1 unspecified atom stereocenters. The van der Waals surface area contributed by atoms with Crippen LogP contribution in [0.25, 0.3) is 0 Å². The fraction of sp³-hybridized carbons (Fsp3) is 0.316. The van der Waals surface area contributed by atoms with Gasteiger partial charge in [0.25, 0.3) is 10.0 Å². The minimum absolute atomic E-state index is 0.0267. The summed E-state index contributed by atoms with van der Waals surface area (Å²) >= 11 is 7.86. The summed E-state index contributed by atoms with van der Waals surface area (Å²) in [5.74, 6) is -0.219. The molecule has 11 heteroatoms. The van der Waals surface area contributed by atoms with E-state index in [-0.39, 0.29) is 29.8 Å². The number of hydrogen-bond acceptors (Lipinski definition) is 6. The predicted molar refractivity (Wildman–Crippen MR) is 197 cm³/mol. The summed E-state index contributed by atoms with van der Waals surface area (Å²) in [7, 11) is -4.22. The molecule has 4 aromatic rings. The molecule has 1 saturated carbocycles. The van der Waals surface area contributed by atoms with Crippen LogP contribution in [0.3, 0.4) is 0 Å². The first-order valence-corrected chi connectivity index (χ1v) is 19.5. The van der Waals surface area contributed by atoms with Crippen LogP contribution in [-0.4, -0.2) is 56.6 Å². The second-order valence-corrected chi connectivity index (χ2v) is 15.1.